The van der Waals surface area contributed by atoms with E-state index < -0.39 is 0 Å². The van der Waals surface area contributed by atoms with Gasteiger partial charge in [0.25, 0.3) is 5.91 Å². The van der Waals surface area contributed by atoms with Crippen LogP contribution in [0.2, 0.25) is 0 Å². The normalized spacial score (nSPS) is 11.2. The lowest BCUT2D eigenvalue weighted by Gasteiger charge is -2.07. The molecule has 3 rings (SSSR count). The second-order valence-corrected chi connectivity index (χ2v) is 5.61. The van der Waals surface area contributed by atoms with E-state index in [1.165, 1.54) is 12.1 Å². The van der Waals surface area contributed by atoms with Gasteiger partial charge in [0.15, 0.2) is 0 Å². The Bertz CT molecular complexity index is 887. The summed E-state index contributed by atoms with van der Waals surface area (Å²) in [6, 6.07) is 13.6. The molecular formula is C19H18FN5O. The zero-order valence-electron chi connectivity index (χ0n) is 14.2. The number of halogens is 1. The van der Waals surface area contributed by atoms with Crippen molar-refractivity contribution in [2.45, 2.75) is 6.92 Å². The molecule has 6 nitrogen and oxygen atoms in total. The van der Waals surface area contributed by atoms with Gasteiger partial charge in [-0.3, -0.25) is 4.79 Å². The fraction of sp³-hybridized carbons (Fsp3) is 0.105. The highest BCUT2D eigenvalue weighted by Gasteiger charge is 2.03. The van der Waals surface area contributed by atoms with Crippen molar-refractivity contribution in [2.75, 3.05) is 11.9 Å². The van der Waals surface area contributed by atoms with Crippen LogP contribution < -0.4 is 10.7 Å². The molecule has 0 saturated carbocycles. The maximum atomic E-state index is 12.8. The second-order valence-electron chi connectivity index (χ2n) is 5.61. The van der Waals surface area contributed by atoms with Gasteiger partial charge in [-0.15, -0.1) is 0 Å². The standard InChI is InChI=1S/C19H18FN5O/c1-14(15-2-8-18(9-3-15)25-11-10-21-13-25)23-24-19(26)12-22-17-6-4-16(20)5-7-17/h2-11,13,22H,12H2,1H3,(H,24,26)/b23-14-. The fourth-order valence-corrected chi connectivity index (χ4v) is 2.29. The van der Waals surface area contributed by atoms with Crippen molar-refractivity contribution in [1.82, 2.24) is 15.0 Å². The molecule has 0 aliphatic carbocycles. The van der Waals surface area contributed by atoms with Gasteiger partial charge in [-0.25, -0.2) is 14.8 Å². The van der Waals surface area contributed by atoms with Gasteiger partial charge >= 0.3 is 0 Å². The molecule has 0 spiro atoms. The van der Waals surface area contributed by atoms with Gasteiger partial charge in [-0.1, -0.05) is 12.1 Å². The number of rotatable bonds is 6. The van der Waals surface area contributed by atoms with Crippen LogP contribution in [0.15, 0.2) is 72.4 Å². The summed E-state index contributed by atoms with van der Waals surface area (Å²) in [6.45, 7) is 1.86. The number of aromatic nitrogens is 2. The van der Waals surface area contributed by atoms with Gasteiger partial charge in [0.05, 0.1) is 18.6 Å². The van der Waals surface area contributed by atoms with Crippen LogP contribution in [0.4, 0.5) is 10.1 Å². The minimum Gasteiger partial charge on any atom is -0.376 e. The van der Waals surface area contributed by atoms with Gasteiger partial charge in [0.1, 0.15) is 5.82 Å². The zero-order valence-corrected chi connectivity index (χ0v) is 14.2. The molecule has 1 amide bonds. The van der Waals surface area contributed by atoms with Crippen LogP contribution in [0.1, 0.15) is 12.5 Å². The molecule has 0 aliphatic rings. The van der Waals surface area contributed by atoms with Crippen LogP contribution >= 0.6 is 0 Å². The molecule has 0 aliphatic heterocycles. The molecule has 0 fully saturated rings. The van der Waals surface area contributed by atoms with E-state index in [2.05, 4.69) is 20.8 Å². The summed E-state index contributed by atoms with van der Waals surface area (Å²) in [7, 11) is 0. The Kier molecular flexibility index (Phi) is 5.38. The summed E-state index contributed by atoms with van der Waals surface area (Å²) in [4.78, 5) is 15.9. The Balaban J connectivity index is 1.54. The second kappa shape index (κ2) is 8.06. The fourth-order valence-electron chi connectivity index (χ4n) is 2.29. The van der Waals surface area contributed by atoms with Gasteiger partial charge in [0.2, 0.25) is 0 Å². The van der Waals surface area contributed by atoms with Crippen molar-refractivity contribution in [2.24, 2.45) is 5.10 Å². The number of hydrazone groups is 1. The number of hydrogen-bond acceptors (Lipinski definition) is 4. The van der Waals surface area contributed by atoms with Gasteiger partial charge < -0.3 is 9.88 Å². The summed E-state index contributed by atoms with van der Waals surface area (Å²) in [6.07, 6.45) is 5.31. The molecule has 1 aromatic heterocycles. The summed E-state index contributed by atoms with van der Waals surface area (Å²) in [5.74, 6) is -0.608. The van der Waals surface area contributed by atoms with Gasteiger partial charge in [0, 0.05) is 23.8 Å². The predicted octanol–water partition coefficient (Wildman–Crippen LogP) is 2.96. The molecular weight excluding hydrogens is 333 g/mol. The molecule has 3 aromatic rings. The highest BCUT2D eigenvalue weighted by atomic mass is 19.1. The monoisotopic (exact) mass is 351 g/mol. The summed E-state index contributed by atoms with van der Waals surface area (Å²) >= 11 is 0. The first-order valence-corrected chi connectivity index (χ1v) is 8.03. The largest absolute Gasteiger partial charge is 0.376 e. The topological polar surface area (TPSA) is 71.3 Å². The van der Waals surface area contributed by atoms with Crippen molar-refractivity contribution in [1.29, 1.82) is 0 Å². The lowest BCUT2D eigenvalue weighted by molar-refractivity contribution is -0.119. The smallest absolute Gasteiger partial charge is 0.259 e. The summed E-state index contributed by atoms with van der Waals surface area (Å²) in [5, 5.41) is 7.01. The van der Waals surface area contributed by atoms with E-state index in [0.29, 0.717) is 11.4 Å². The van der Waals surface area contributed by atoms with Crippen molar-refractivity contribution in [3.05, 3.63) is 78.6 Å². The minimum absolute atomic E-state index is 0.0436. The molecule has 0 bridgehead atoms. The molecule has 132 valence electrons. The van der Waals surface area contributed by atoms with E-state index in [9.17, 15) is 9.18 Å². The van der Waals surface area contributed by atoms with Crippen LogP contribution in [-0.2, 0) is 4.79 Å². The van der Waals surface area contributed by atoms with E-state index in [-0.39, 0.29) is 18.3 Å². The third kappa shape index (κ3) is 4.54. The molecule has 7 heteroatoms. The summed E-state index contributed by atoms with van der Waals surface area (Å²) in [5.41, 5.74) is 5.75. The summed E-state index contributed by atoms with van der Waals surface area (Å²) < 4.78 is 14.7. The van der Waals surface area contributed by atoms with E-state index in [4.69, 9.17) is 0 Å². The number of nitrogens with zero attached hydrogens (tertiary/aromatic N) is 3. The third-order valence-electron chi connectivity index (χ3n) is 3.73. The van der Waals surface area contributed by atoms with Crippen LogP contribution in [0, 0.1) is 5.82 Å². The lowest BCUT2D eigenvalue weighted by atomic mass is 10.1. The molecule has 0 saturated heterocycles. The van der Waals surface area contributed by atoms with Gasteiger partial charge in [-0.2, -0.15) is 5.10 Å². The molecule has 2 aromatic carbocycles. The molecule has 26 heavy (non-hydrogen) atoms. The first-order valence-electron chi connectivity index (χ1n) is 8.03. The van der Waals surface area contributed by atoms with Gasteiger partial charge in [-0.05, 0) is 48.9 Å². The van der Waals surface area contributed by atoms with Crippen LogP contribution in [0.3, 0.4) is 0 Å². The maximum absolute atomic E-state index is 12.8. The minimum atomic E-state index is -0.320. The van der Waals surface area contributed by atoms with Crippen LogP contribution in [-0.4, -0.2) is 27.7 Å². The van der Waals surface area contributed by atoms with Crippen molar-refractivity contribution >= 4 is 17.3 Å². The average molecular weight is 351 g/mol. The average Bonchev–Trinajstić information content (AvgIpc) is 3.20. The Morgan fingerprint density at radius 3 is 2.54 bits per heavy atom. The SMILES string of the molecule is C/C(=N/NC(=O)CNc1ccc(F)cc1)c1ccc(-n2ccnc2)cc1. The Labute approximate surface area is 150 Å². The zero-order chi connectivity index (χ0) is 18.4. The highest BCUT2D eigenvalue weighted by molar-refractivity contribution is 5.99. The Hall–Kier alpha value is -3.48. The van der Waals surface area contributed by atoms with Crippen molar-refractivity contribution < 1.29 is 9.18 Å². The number of carbonyl (C=O) groups excluding carboxylic acids is 1. The van der Waals surface area contributed by atoms with Crippen LogP contribution in [0.5, 0.6) is 0 Å². The first kappa shape index (κ1) is 17.3. The predicted molar refractivity (Wildman–Crippen MR) is 98.8 cm³/mol. The number of imidazole rings is 1. The molecule has 2 N–H and O–H groups in total. The van der Waals surface area contributed by atoms with E-state index in [1.54, 1.807) is 24.7 Å². The van der Waals surface area contributed by atoms with Crippen molar-refractivity contribution in [3.8, 4) is 5.69 Å². The molecule has 1 heterocycles. The van der Waals surface area contributed by atoms with Crippen LogP contribution in [0.25, 0.3) is 5.69 Å². The number of amides is 1. The lowest BCUT2D eigenvalue weighted by Crippen LogP contribution is -2.26. The third-order valence-corrected chi connectivity index (χ3v) is 3.73. The number of carbonyl (C=O) groups is 1. The Morgan fingerprint density at radius 2 is 1.88 bits per heavy atom. The number of anilines is 1. The molecule has 0 atom stereocenters. The van der Waals surface area contributed by atoms with E-state index in [1.807, 2.05) is 42.0 Å². The van der Waals surface area contributed by atoms with E-state index in [0.717, 1.165) is 11.3 Å². The van der Waals surface area contributed by atoms with Crippen molar-refractivity contribution in [3.63, 3.8) is 0 Å². The Morgan fingerprint density at radius 1 is 1.15 bits per heavy atom. The molecule has 0 radical (unpaired) electrons. The number of benzene rings is 2. The first-order chi connectivity index (χ1) is 12.6. The number of nitrogens with one attached hydrogen (secondary N) is 2. The molecule has 0 unspecified atom stereocenters. The van der Waals surface area contributed by atoms with E-state index >= 15 is 0 Å². The number of hydrogen-bond donors (Lipinski definition) is 2. The highest BCUT2D eigenvalue weighted by Crippen LogP contribution is 2.10. The maximum Gasteiger partial charge on any atom is 0.259 e. The quantitative estimate of drug-likeness (QED) is 0.530.